The smallest absolute Gasteiger partial charge is 0.258 e. The van der Waals surface area contributed by atoms with Crippen molar-refractivity contribution in [1.82, 2.24) is 24.1 Å². The van der Waals surface area contributed by atoms with Crippen molar-refractivity contribution in [1.29, 1.82) is 0 Å². The van der Waals surface area contributed by atoms with E-state index < -0.39 is 0 Å². The summed E-state index contributed by atoms with van der Waals surface area (Å²) in [4.78, 5) is 17.3. The fourth-order valence-corrected chi connectivity index (χ4v) is 4.67. The average Bonchev–Trinajstić information content (AvgIpc) is 3.29. The summed E-state index contributed by atoms with van der Waals surface area (Å²) in [5.74, 6) is 2.00. The van der Waals surface area contributed by atoms with Crippen LogP contribution in [0.3, 0.4) is 0 Å². The standard InChI is InChI=1S/C19H18ClN5O2S2/c1-11-8-13(20)4-5-15(11)27-12(2)17-22-23-19(24(17)3)29-10-14-9-16(26)25-6-7-28-18(25)21-14/h4-9,12H,10H2,1-3H3. The zero-order valence-corrected chi connectivity index (χ0v) is 18.4. The Balaban J connectivity index is 1.48. The molecule has 3 heterocycles. The molecule has 0 radical (unpaired) electrons. The zero-order chi connectivity index (χ0) is 20.5. The van der Waals surface area contributed by atoms with Crippen LogP contribution in [0.25, 0.3) is 4.96 Å². The number of rotatable bonds is 6. The van der Waals surface area contributed by atoms with Gasteiger partial charge in [-0.15, -0.1) is 21.5 Å². The molecule has 3 aromatic heterocycles. The summed E-state index contributed by atoms with van der Waals surface area (Å²) in [5.41, 5.74) is 1.60. The number of hydrogen-bond acceptors (Lipinski definition) is 7. The summed E-state index contributed by atoms with van der Waals surface area (Å²) in [5, 5.41) is 11.8. The minimum atomic E-state index is -0.285. The predicted octanol–water partition coefficient (Wildman–Crippen LogP) is 4.28. The number of halogens is 1. The van der Waals surface area contributed by atoms with E-state index in [0.29, 0.717) is 27.3 Å². The molecule has 0 spiro atoms. The lowest BCUT2D eigenvalue weighted by molar-refractivity contribution is 0.210. The summed E-state index contributed by atoms with van der Waals surface area (Å²) in [6.45, 7) is 3.88. The summed E-state index contributed by atoms with van der Waals surface area (Å²) >= 11 is 8.93. The second-order valence-electron chi connectivity index (χ2n) is 6.50. The molecule has 0 aliphatic heterocycles. The van der Waals surface area contributed by atoms with Gasteiger partial charge in [-0.1, -0.05) is 23.4 Å². The molecule has 4 rings (SSSR count). The van der Waals surface area contributed by atoms with Gasteiger partial charge < -0.3 is 9.30 Å². The highest BCUT2D eigenvalue weighted by atomic mass is 35.5. The highest BCUT2D eigenvalue weighted by molar-refractivity contribution is 7.98. The third kappa shape index (κ3) is 4.17. The van der Waals surface area contributed by atoms with Gasteiger partial charge in [0.15, 0.2) is 22.0 Å². The normalized spacial score (nSPS) is 12.4. The van der Waals surface area contributed by atoms with E-state index in [0.717, 1.165) is 16.5 Å². The third-order valence-electron chi connectivity index (χ3n) is 4.38. The van der Waals surface area contributed by atoms with E-state index >= 15 is 0 Å². The van der Waals surface area contributed by atoms with Gasteiger partial charge in [0.2, 0.25) is 0 Å². The largest absolute Gasteiger partial charge is 0.482 e. The molecule has 1 atom stereocenters. The van der Waals surface area contributed by atoms with Crippen LogP contribution in [0.5, 0.6) is 5.75 Å². The number of benzene rings is 1. The third-order valence-corrected chi connectivity index (χ3v) is 6.42. The maximum Gasteiger partial charge on any atom is 0.258 e. The molecule has 29 heavy (non-hydrogen) atoms. The fraction of sp³-hybridized carbons (Fsp3) is 0.263. The molecule has 0 bridgehead atoms. The lowest BCUT2D eigenvalue weighted by Gasteiger charge is -2.16. The first-order valence-electron chi connectivity index (χ1n) is 8.83. The highest BCUT2D eigenvalue weighted by Gasteiger charge is 2.18. The number of ether oxygens (including phenoxy) is 1. The van der Waals surface area contributed by atoms with E-state index in [9.17, 15) is 4.79 Å². The number of aryl methyl sites for hydroxylation is 1. The van der Waals surface area contributed by atoms with Crippen LogP contribution in [0.1, 0.15) is 30.1 Å². The van der Waals surface area contributed by atoms with Crippen LogP contribution < -0.4 is 10.3 Å². The Morgan fingerprint density at radius 3 is 2.93 bits per heavy atom. The maximum absolute atomic E-state index is 12.1. The predicted molar refractivity (Wildman–Crippen MR) is 115 cm³/mol. The van der Waals surface area contributed by atoms with Gasteiger partial charge in [0.05, 0.1) is 5.69 Å². The van der Waals surface area contributed by atoms with Crippen molar-refractivity contribution in [2.24, 2.45) is 7.05 Å². The summed E-state index contributed by atoms with van der Waals surface area (Å²) in [7, 11) is 1.90. The molecule has 0 aliphatic carbocycles. The van der Waals surface area contributed by atoms with Crippen LogP contribution in [-0.2, 0) is 12.8 Å². The summed E-state index contributed by atoms with van der Waals surface area (Å²) in [6.07, 6.45) is 1.44. The van der Waals surface area contributed by atoms with E-state index in [2.05, 4.69) is 15.2 Å². The van der Waals surface area contributed by atoms with Crippen molar-refractivity contribution in [3.05, 3.63) is 68.3 Å². The number of thioether (sulfide) groups is 1. The Bertz CT molecular complexity index is 1230. The van der Waals surface area contributed by atoms with Crippen LogP contribution in [0.15, 0.2) is 45.8 Å². The van der Waals surface area contributed by atoms with Crippen molar-refractivity contribution in [3.63, 3.8) is 0 Å². The van der Waals surface area contributed by atoms with Crippen molar-refractivity contribution < 1.29 is 4.74 Å². The lowest BCUT2D eigenvalue weighted by Crippen LogP contribution is -2.12. The van der Waals surface area contributed by atoms with Gasteiger partial charge in [-0.2, -0.15) is 0 Å². The molecule has 0 N–H and O–H groups in total. The number of aromatic nitrogens is 5. The number of thiazole rings is 1. The number of nitrogens with zero attached hydrogens (tertiary/aromatic N) is 5. The highest BCUT2D eigenvalue weighted by Crippen LogP contribution is 2.28. The molecule has 10 heteroatoms. The van der Waals surface area contributed by atoms with Gasteiger partial charge >= 0.3 is 0 Å². The molecule has 0 saturated carbocycles. The SMILES string of the molecule is Cc1cc(Cl)ccc1OC(C)c1nnc(SCc2cc(=O)n3ccsc3n2)n1C. The zero-order valence-electron chi connectivity index (χ0n) is 16.0. The minimum absolute atomic E-state index is 0.0779. The van der Waals surface area contributed by atoms with Crippen molar-refractivity contribution in [2.75, 3.05) is 0 Å². The Hall–Kier alpha value is -2.36. The molecule has 0 saturated heterocycles. The van der Waals surface area contributed by atoms with E-state index in [4.69, 9.17) is 16.3 Å². The molecule has 4 aromatic rings. The van der Waals surface area contributed by atoms with Gasteiger partial charge in [-0.3, -0.25) is 9.20 Å². The van der Waals surface area contributed by atoms with Gasteiger partial charge in [0.1, 0.15) is 5.75 Å². The van der Waals surface area contributed by atoms with Crippen LogP contribution >= 0.6 is 34.7 Å². The van der Waals surface area contributed by atoms with Gasteiger partial charge in [0.25, 0.3) is 5.56 Å². The molecule has 1 unspecified atom stereocenters. The monoisotopic (exact) mass is 447 g/mol. The first-order chi connectivity index (χ1) is 13.9. The Kier molecular flexibility index (Phi) is 5.62. The lowest BCUT2D eigenvalue weighted by atomic mass is 10.2. The Labute approximate surface area is 180 Å². The molecule has 0 amide bonds. The fourth-order valence-electron chi connectivity index (χ4n) is 2.89. The maximum atomic E-state index is 12.1. The number of hydrogen-bond donors (Lipinski definition) is 0. The van der Waals surface area contributed by atoms with Crippen LogP contribution in [0.2, 0.25) is 5.02 Å². The number of fused-ring (bicyclic) bond motifs is 1. The first kappa shape index (κ1) is 19.9. The van der Waals surface area contributed by atoms with Crippen molar-refractivity contribution in [2.45, 2.75) is 30.9 Å². The van der Waals surface area contributed by atoms with E-state index in [1.807, 2.05) is 43.0 Å². The van der Waals surface area contributed by atoms with Crippen LogP contribution in [0.4, 0.5) is 0 Å². The Morgan fingerprint density at radius 1 is 1.31 bits per heavy atom. The second-order valence-corrected chi connectivity index (χ2v) is 8.75. The van der Waals surface area contributed by atoms with Crippen LogP contribution in [-0.4, -0.2) is 24.1 Å². The molecular formula is C19H18ClN5O2S2. The quantitative estimate of drug-likeness (QED) is 0.411. The molecule has 7 nitrogen and oxygen atoms in total. The molecule has 1 aromatic carbocycles. The summed E-state index contributed by atoms with van der Waals surface area (Å²) in [6, 6.07) is 7.07. The van der Waals surface area contributed by atoms with Crippen molar-refractivity contribution >= 4 is 39.7 Å². The molecular weight excluding hydrogens is 430 g/mol. The minimum Gasteiger partial charge on any atom is -0.482 e. The second kappa shape index (κ2) is 8.17. The Morgan fingerprint density at radius 2 is 2.14 bits per heavy atom. The van der Waals surface area contributed by atoms with Gasteiger partial charge in [-0.25, -0.2) is 4.98 Å². The molecule has 150 valence electrons. The van der Waals surface area contributed by atoms with E-state index in [1.165, 1.54) is 27.5 Å². The van der Waals surface area contributed by atoms with Crippen molar-refractivity contribution in [3.8, 4) is 5.75 Å². The van der Waals surface area contributed by atoms with Gasteiger partial charge in [0, 0.05) is 35.5 Å². The van der Waals surface area contributed by atoms with E-state index in [-0.39, 0.29) is 11.7 Å². The molecule has 0 fully saturated rings. The summed E-state index contributed by atoms with van der Waals surface area (Å²) < 4.78 is 9.49. The molecule has 0 aliphatic rings. The van der Waals surface area contributed by atoms with Crippen LogP contribution in [0, 0.1) is 6.92 Å². The first-order valence-corrected chi connectivity index (χ1v) is 11.1. The van der Waals surface area contributed by atoms with Gasteiger partial charge in [-0.05, 0) is 37.6 Å². The average molecular weight is 448 g/mol. The van der Waals surface area contributed by atoms with E-state index in [1.54, 1.807) is 18.3 Å². The topological polar surface area (TPSA) is 74.3 Å².